The van der Waals surface area contributed by atoms with Gasteiger partial charge in [-0.2, -0.15) is 5.26 Å². The highest BCUT2D eigenvalue weighted by Crippen LogP contribution is 2.30. The van der Waals surface area contributed by atoms with Crippen molar-refractivity contribution in [2.75, 3.05) is 4.72 Å². The van der Waals surface area contributed by atoms with E-state index in [2.05, 4.69) is 9.71 Å². The summed E-state index contributed by atoms with van der Waals surface area (Å²) in [6.07, 6.45) is 1.50. The molecular weight excluding hydrogens is 418 g/mol. The maximum atomic E-state index is 12.5. The minimum absolute atomic E-state index is 0.0420. The lowest BCUT2D eigenvalue weighted by Gasteiger charge is -2.11. The Morgan fingerprint density at radius 1 is 0.967 bits per heavy atom. The summed E-state index contributed by atoms with van der Waals surface area (Å²) in [4.78, 5) is 3.87. The fourth-order valence-electron chi connectivity index (χ4n) is 2.80. The van der Waals surface area contributed by atoms with Crippen molar-refractivity contribution in [3.8, 4) is 28.7 Å². The molecule has 3 aromatic carbocycles. The van der Waals surface area contributed by atoms with Crippen LogP contribution in [0.2, 0.25) is 0 Å². The number of rotatable bonds is 6. The van der Waals surface area contributed by atoms with Crippen LogP contribution < -0.4 is 9.46 Å². The highest BCUT2D eigenvalue weighted by Gasteiger charge is 2.18. The molecule has 1 aromatic heterocycles. The molecule has 0 atom stereocenters. The first-order chi connectivity index (χ1) is 14.5. The zero-order valence-electron chi connectivity index (χ0n) is 15.5. The van der Waals surface area contributed by atoms with E-state index in [9.17, 15) is 13.7 Å². The highest BCUT2D eigenvalue weighted by molar-refractivity contribution is 7.93. The van der Waals surface area contributed by atoms with E-state index in [-0.39, 0.29) is 21.3 Å². The third kappa shape index (κ3) is 4.33. The van der Waals surface area contributed by atoms with Crippen molar-refractivity contribution in [1.29, 1.82) is 5.26 Å². The summed E-state index contributed by atoms with van der Waals surface area (Å²) in [5, 5.41) is 11.4. The predicted molar refractivity (Wildman–Crippen MR) is 116 cm³/mol. The molecule has 30 heavy (non-hydrogen) atoms. The SMILES string of the molecule is N#Cc1cc(S(=O)(=O)Nc2nccs2)ccc1Oc1cccc(-c2ccccc2)c1. The second-order valence-electron chi connectivity index (χ2n) is 6.21. The van der Waals surface area contributed by atoms with Crippen LogP contribution >= 0.6 is 11.3 Å². The van der Waals surface area contributed by atoms with Gasteiger partial charge in [0.25, 0.3) is 10.0 Å². The Labute approximate surface area is 178 Å². The molecule has 148 valence electrons. The summed E-state index contributed by atoms with van der Waals surface area (Å²) in [5.74, 6) is 0.820. The number of nitrogens with zero attached hydrogens (tertiary/aromatic N) is 2. The molecule has 1 heterocycles. The molecule has 0 fully saturated rings. The minimum atomic E-state index is -3.86. The number of anilines is 1. The molecule has 6 nitrogen and oxygen atoms in total. The molecule has 0 aliphatic heterocycles. The van der Waals surface area contributed by atoms with Crippen LogP contribution in [-0.4, -0.2) is 13.4 Å². The Hall–Kier alpha value is -3.67. The lowest BCUT2D eigenvalue weighted by molar-refractivity contribution is 0.481. The third-order valence-electron chi connectivity index (χ3n) is 4.20. The van der Waals surface area contributed by atoms with E-state index in [1.54, 1.807) is 11.4 Å². The Morgan fingerprint density at radius 2 is 1.77 bits per heavy atom. The van der Waals surface area contributed by atoms with E-state index in [0.29, 0.717) is 5.75 Å². The van der Waals surface area contributed by atoms with Crippen LogP contribution in [0, 0.1) is 11.3 Å². The van der Waals surface area contributed by atoms with Crippen molar-refractivity contribution >= 4 is 26.5 Å². The van der Waals surface area contributed by atoms with Crippen LogP contribution in [0.5, 0.6) is 11.5 Å². The topological polar surface area (TPSA) is 92.1 Å². The van der Waals surface area contributed by atoms with Crippen molar-refractivity contribution < 1.29 is 13.2 Å². The summed E-state index contributed by atoms with van der Waals surface area (Å²) in [7, 11) is -3.86. The van der Waals surface area contributed by atoms with E-state index < -0.39 is 10.0 Å². The highest BCUT2D eigenvalue weighted by atomic mass is 32.2. The van der Waals surface area contributed by atoms with E-state index in [1.807, 2.05) is 54.6 Å². The van der Waals surface area contributed by atoms with Gasteiger partial charge in [-0.05, 0) is 41.5 Å². The molecule has 4 rings (SSSR count). The van der Waals surface area contributed by atoms with Crippen molar-refractivity contribution in [3.63, 3.8) is 0 Å². The lowest BCUT2D eigenvalue weighted by atomic mass is 10.1. The third-order valence-corrected chi connectivity index (χ3v) is 6.36. The summed E-state index contributed by atoms with van der Waals surface area (Å²) >= 11 is 1.17. The van der Waals surface area contributed by atoms with Gasteiger partial charge in [-0.15, -0.1) is 11.3 Å². The van der Waals surface area contributed by atoms with E-state index in [0.717, 1.165) is 11.1 Å². The number of benzene rings is 3. The van der Waals surface area contributed by atoms with E-state index in [1.165, 1.54) is 35.7 Å². The molecule has 0 aliphatic rings. The van der Waals surface area contributed by atoms with Gasteiger partial charge in [-0.25, -0.2) is 13.4 Å². The average molecular weight is 434 g/mol. The van der Waals surface area contributed by atoms with Gasteiger partial charge in [0.1, 0.15) is 17.6 Å². The zero-order chi connectivity index (χ0) is 21.0. The maximum Gasteiger partial charge on any atom is 0.263 e. The normalized spacial score (nSPS) is 10.9. The standard InChI is InChI=1S/C22H15N3O3S2/c23-15-18-14-20(30(26,27)25-22-24-11-12-29-22)9-10-21(18)28-19-8-4-7-17(13-19)16-5-2-1-3-6-16/h1-14H,(H,24,25). The average Bonchev–Trinajstić information content (AvgIpc) is 3.27. The van der Waals surface area contributed by atoms with Gasteiger partial charge in [0.15, 0.2) is 5.13 Å². The quantitative estimate of drug-likeness (QED) is 0.447. The van der Waals surface area contributed by atoms with Gasteiger partial charge in [0, 0.05) is 11.6 Å². The minimum Gasteiger partial charge on any atom is -0.456 e. The second-order valence-corrected chi connectivity index (χ2v) is 8.79. The molecule has 0 amide bonds. The van der Waals surface area contributed by atoms with Crippen LogP contribution in [0.3, 0.4) is 0 Å². The summed E-state index contributed by atoms with van der Waals surface area (Å²) in [6, 6.07) is 23.5. The van der Waals surface area contributed by atoms with Crippen LogP contribution in [0.25, 0.3) is 11.1 Å². The predicted octanol–water partition coefficient (Wildman–Crippen LogP) is 5.27. The van der Waals surface area contributed by atoms with Gasteiger partial charge >= 0.3 is 0 Å². The van der Waals surface area contributed by atoms with Gasteiger partial charge < -0.3 is 4.74 Å². The number of nitrogens with one attached hydrogen (secondary N) is 1. The Balaban J connectivity index is 1.61. The fourth-order valence-corrected chi connectivity index (χ4v) is 4.61. The molecule has 0 spiro atoms. The number of thiazole rings is 1. The Morgan fingerprint density at radius 3 is 2.50 bits per heavy atom. The van der Waals surface area contributed by atoms with Crippen molar-refractivity contribution in [3.05, 3.63) is 89.9 Å². The zero-order valence-corrected chi connectivity index (χ0v) is 17.2. The van der Waals surface area contributed by atoms with Crippen LogP contribution in [0.1, 0.15) is 5.56 Å². The number of sulfonamides is 1. The largest absolute Gasteiger partial charge is 0.456 e. The molecule has 0 saturated heterocycles. The smallest absolute Gasteiger partial charge is 0.263 e. The van der Waals surface area contributed by atoms with Crippen molar-refractivity contribution in [1.82, 2.24) is 4.98 Å². The van der Waals surface area contributed by atoms with E-state index in [4.69, 9.17) is 4.74 Å². The lowest BCUT2D eigenvalue weighted by Crippen LogP contribution is -2.13. The van der Waals surface area contributed by atoms with Crippen LogP contribution in [0.15, 0.2) is 89.3 Å². The van der Waals surface area contributed by atoms with Crippen molar-refractivity contribution in [2.45, 2.75) is 4.90 Å². The molecule has 8 heteroatoms. The first-order valence-electron chi connectivity index (χ1n) is 8.85. The molecule has 4 aromatic rings. The molecule has 1 N–H and O–H groups in total. The first kappa shape index (κ1) is 19.6. The summed E-state index contributed by atoms with van der Waals surface area (Å²) in [5.41, 5.74) is 2.12. The molecule has 0 radical (unpaired) electrons. The van der Waals surface area contributed by atoms with Gasteiger partial charge in [-0.3, -0.25) is 4.72 Å². The summed E-state index contributed by atoms with van der Waals surface area (Å²) in [6.45, 7) is 0. The fraction of sp³-hybridized carbons (Fsp3) is 0. The Kier molecular flexibility index (Phi) is 5.48. The number of nitriles is 1. The molecule has 0 aliphatic carbocycles. The molecule has 0 bridgehead atoms. The molecule has 0 unspecified atom stereocenters. The number of ether oxygens (including phenoxy) is 1. The number of hydrogen-bond donors (Lipinski definition) is 1. The molecule has 0 saturated carbocycles. The van der Waals surface area contributed by atoms with Crippen LogP contribution in [-0.2, 0) is 10.0 Å². The van der Waals surface area contributed by atoms with Gasteiger partial charge in [0.05, 0.1) is 10.5 Å². The van der Waals surface area contributed by atoms with Crippen molar-refractivity contribution in [2.24, 2.45) is 0 Å². The Bertz CT molecular complexity index is 1310. The first-order valence-corrected chi connectivity index (χ1v) is 11.2. The summed E-state index contributed by atoms with van der Waals surface area (Å²) < 4.78 is 33.4. The second kappa shape index (κ2) is 8.37. The van der Waals surface area contributed by atoms with Crippen LogP contribution in [0.4, 0.5) is 5.13 Å². The number of hydrogen-bond acceptors (Lipinski definition) is 6. The van der Waals surface area contributed by atoms with Gasteiger partial charge in [0.2, 0.25) is 0 Å². The maximum absolute atomic E-state index is 12.5. The monoisotopic (exact) mass is 433 g/mol. The molecular formula is C22H15N3O3S2. The van der Waals surface area contributed by atoms with Gasteiger partial charge in [-0.1, -0.05) is 42.5 Å². The van der Waals surface area contributed by atoms with E-state index >= 15 is 0 Å². The number of aromatic nitrogens is 1.